The molecule has 0 bridgehead atoms. The van der Waals surface area contributed by atoms with Gasteiger partial charge < -0.3 is 4.74 Å². The number of ketones is 1. The van der Waals surface area contributed by atoms with Crippen molar-refractivity contribution in [1.29, 1.82) is 0 Å². The molecule has 0 fully saturated rings. The highest BCUT2D eigenvalue weighted by atomic mass is 16.5. The first-order valence-corrected chi connectivity index (χ1v) is 3.02. The molecule has 0 aromatic heterocycles. The van der Waals surface area contributed by atoms with Gasteiger partial charge >= 0.3 is 5.97 Å². The summed E-state index contributed by atoms with van der Waals surface area (Å²) in [5.74, 6) is -1.16. The van der Waals surface area contributed by atoms with Crippen molar-refractivity contribution >= 4 is 11.8 Å². The van der Waals surface area contributed by atoms with E-state index in [1.54, 1.807) is 0 Å². The van der Waals surface area contributed by atoms with Gasteiger partial charge in [0.25, 0.3) is 0 Å². The van der Waals surface area contributed by atoms with Gasteiger partial charge in [0.05, 0.1) is 0 Å². The number of allylic oxidation sites excluding steroid dienone is 1. The number of esters is 1. The van der Waals surface area contributed by atoms with Crippen molar-refractivity contribution < 1.29 is 14.3 Å². The monoisotopic (exact) mass is 154 g/mol. The van der Waals surface area contributed by atoms with Gasteiger partial charge in [-0.3, -0.25) is 9.59 Å². The molecule has 0 radical (unpaired) electrons. The van der Waals surface area contributed by atoms with E-state index in [-0.39, 0.29) is 5.76 Å². The lowest BCUT2D eigenvalue weighted by atomic mass is 10.2. The molecule has 3 nitrogen and oxygen atoms in total. The lowest BCUT2D eigenvalue weighted by Gasteiger charge is -2.01. The van der Waals surface area contributed by atoms with E-state index in [0.717, 1.165) is 0 Å². The predicted molar refractivity (Wildman–Crippen MR) is 40.7 cm³/mol. The zero-order chi connectivity index (χ0) is 9.02. The van der Waals surface area contributed by atoms with Crippen molar-refractivity contribution in [3.8, 4) is 0 Å². The maximum atomic E-state index is 10.9. The van der Waals surface area contributed by atoms with E-state index in [1.165, 1.54) is 13.8 Å². The molecule has 0 aromatic carbocycles. The van der Waals surface area contributed by atoms with E-state index in [1.807, 2.05) is 0 Å². The summed E-state index contributed by atoms with van der Waals surface area (Å²) in [5, 5.41) is 0. The zero-order valence-corrected chi connectivity index (χ0v) is 6.64. The van der Waals surface area contributed by atoms with Gasteiger partial charge in [0.1, 0.15) is 0 Å². The number of rotatable bonds is 3. The number of Topliss-reactive ketones (excluding diaryl/α,β-unsaturated/α-hetero) is 1. The van der Waals surface area contributed by atoms with Crippen molar-refractivity contribution in [2.45, 2.75) is 13.8 Å². The molecule has 0 N–H and O–H groups in total. The van der Waals surface area contributed by atoms with Crippen LogP contribution in [0.5, 0.6) is 0 Å². The minimum atomic E-state index is -0.551. The number of carbonyl (C=O) groups excluding carboxylic acids is 2. The molecule has 0 amide bonds. The highest BCUT2D eigenvalue weighted by molar-refractivity contribution is 6.06. The average Bonchev–Trinajstić information content (AvgIpc) is 1.84. The quantitative estimate of drug-likeness (QED) is 0.348. The third-order valence-corrected chi connectivity index (χ3v) is 0.908. The van der Waals surface area contributed by atoms with E-state index in [4.69, 9.17) is 0 Å². The molecule has 0 atom stereocenters. The summed E-state index contributed by atoms with van der Waals surface area (Å²) in [5.41, 5.74) is 0.302. The molecule has 60 valence electrons. The highest BCUT2D eigenvalue weighted by Gasteiger charge is 2.10. The van der Waals surface area contributed by atoms with Gasteiger partial charge in [0.15, 0.2) is 5.76 Å². The third-order valence-electron chi connectivity index (χ3n) is 0.908. The predicted octanol–water partition coefficient (Wildman–Crippen LogP) is 1.21. The Morgan fingerprint density at radius 1 is 1.18 bits per heavy atom. The van der Waals surface area contributed by atoms with Crippen molar-refractivity contribution in [1.82, 2.24) is 0 Å². The minimum Gasteiger partial charge on any atom is -0.423 e. The summed E-state index contributed by atoms with van der Waals surface area (Å²) < 4.78 is 4.43. The Labute approximate surface area is 65.4 Å². The second-order valence-electron chi connectivity index (χ2n) is 2.13. The van der Waals surface area contributed by atoms with Gasteiger partial charge in [-0.25, -0.2) is 0 Å². The lowest BCUT2D eigenvalue weighted by Crippen LogP contribution is -2.08. The van der Waals surface area contributed by atoms with Crippen molar-refractivity contribution in [3.63, 3.8) is 0 Å². The van der Waals surface area contributed by atoms with Crippen LogP contribution in [0.25, 0.3) is 0 Å². The Morgan fingerprint density at radius 2 is 1.64 bits per heavy atom. The standard InChI is InChI=1S/C8H10O3/c1-5(2)8(10)6(3)11-7(4)9/h1,3H2,2,4H3. The molecule has 3 heteroatoms. The van der Waals surface area contributed by atoms with Crippen LogP contribution in [0, 0.1) is 0 Å². The Morgan fingerprint density at radius 3 is 1.91 bits per heavy atom. The molecule has 11 heavy (non-hydrogen) atoms. The van der Waals surface area contributed by atoms with Gasteiger partial charge in [-0.15, -0.1) is 0 Å². The lowest BCUT2D eigenvalue weighted by molar-refractivity contribution is -0.139. The third kappa shape index (κ3) is 3.35. The van der Waals surface area contributed by atoms with E-state index in [0.29, 0.717) is 5.57 Å². The molecule has 0 spiro atoms. The molecule has 0 saturated carbocycles. The van der Waals surface area contributed by atoms with E-state index in [9.17, 15) is 9.59 Å². The summed E-state index contributed by atoms with van der Waals surface area (Å²) in [4.78, 5) is 21.2. The summed E-state index contributed by atoms with van der Waals surface area (Å²) in [6.07, 6.45) is 0. The fourth-order valence-corrected chi connectivity index (χ4v) is 0.458. The van der Waals surface area contributed by atoms with Crippen molar-refractivity contribution in [3.05, 3.63) is 24.5 Å². The summed E-state index contributed by atoms with van der Waals surface area (Å²) >= 11 is 0. The van der Waals surface area contributed by atoms with Crippen LogP contribution in [0.2, 0.25) is 0 Å². The molecule has 0 unspecified atom stereocenters. The SMILES string of the molecule is C=C(C)C(=O)C(=C)OC(C)=O. The van der Waals surface area contributed by atoms with Crippen LogP contribution in [0.4, 0.5) is 0 Å². The van der Waals surface area contributed by atoms with Crippen LogP contribution in [-0.4, -0.2) is 11.8 Å². The Hall–Kier alpha value is -1.38. The number of carbonyl (C=O) groups is 2. The van der Waals surface area contributed by atoms with Crippen molar-refractivity contribution in [2.24, 2.45) is 0 Å². The van der Waals surface area contributed by atoms with E-state index >= 15 is 0 Å². The normalized spacial score (nSPS) is 8.55. The molecular weight excluding hydrogens is 144 g/mol. The second-order valence-corrected chi connectivity index (χ2v) is 2.13. The molecule has 0 aliphatic carbocycles. The summed E-state index contributed by atoms with van der Waals surface area (Å²) in [7, 11) is 0. The topological polar surface area (TPSA) is 43.4 Å². The molecule has 0 heterocycles. The Balaban J connectivity index is 4.16. The summed E-state index contributed by atoms with van der Waals surface area (Å²) in [6, 6.07) is 0. The average molecular weight is 154 g/mol. The van der Waals surface area contributed by atoms with Crippen LogP contribution in [0.3, 0.4) is 0 Å². The van der Waals surface area contributed by atoms with Gasteiger partial charge in [0.2, 0.25) is 5.78 Å². The number of hydrogen-bond acceptors (Lipinski definition) is 3. The maximum Gasteiger partial charge on any atom is 0.308 e. The smallest absolute Gasteiger partial charge is 0.308 e. The summed E-state index contributed by atoms with van der Waals surface area (Å²) in [6.45, 7) is 9.37. The van der Waals surface area contributed by atoms with E-state index < -0.39 is 11.8 Å². The maximum absolute atomic E-state index is 10.9. The first-order chi connectivity index (χ1) is 4.95. The largest absolute Gasteiger partial charge is 0.423 e. The van der Waals surface area contributed by atoms with Crippen LogP contribution in [0.15, 0.2) is 24.5 Å². The number of hydrogen-bond donors (Lipinski definition) is 0. The fourth-order valence-electron chi connectivity index (χ4n) is 0.458. The van der Waals surface area contributed by atoms with Gasteiger partial charge in [-0.2, -0.15) is 0 Å². The fraction of sp³-hybridized carbons (Fsp3) is 0.250. The van der Waals surface area contributed by atoms with Crippen LogP contribution >= 0.6 is 0 Å². The molecule has 0 saturated heterocycles. The first-order valence-electron chi connectivity index (χ1n) is 3.02. The van der Waals surface area contributed by atoms with E-state index in [2.05, 4.69) is 17.9 Å². The highest BCUT2D eigenvalue weighted by Crippen LogP contribution is 2.02. The minimum absolute atomic E-state index is 0.176. The molecule has 0 aromatic rings. The molecule has 0 aliphatic heterocycles. The van der Waals surface area contributed by atoms with Gasteiger partial charge in [0, 0.05) is 6.92 Å². The van der Waals surface area contributed by atoms with Crippen molar-refractivity contribution in [2.75, 3.05) is 0 Å². The molecular formula is C8H10O3. The van der Waals surface area contributed by atoms with Crippen LogP contribution in [0.1, 0.15) is 13.8 Å². The second kappa shape index (κ2) is 3.71. The van der Waals surface area contributed by atoms with Crippen LogP contribution < -0.4 is 0 Å². The Kier molecular flexibility index (Phi) is 3.24. The molecule has 0 rings (SSSR count). The van der Waals surface area contributed by atoms with Gasteiger partial charge in [-0.05, 0) is 12.5 Å². The molecule has 0 aliphatic rings. The zero-order valence-electron chi connectivity index (χ0n) is 6.64. The Bertz CT molecular complexity index is 225. The van der Waals surface area contributed by atoms with Crippen LogP contribution in [-0.2, 0) is 14.3 Å². The number of ether oxygens (including phenoxy) is 1. The van der Waals surface area contributed by atoms with Gasteiger partial charge in [-0.1, -0.05) is 13.2 Å². The first kappa shape index (κ1) is 9.62.